The van der Waals surface area contributed by atoms with E-state index in [9.17, 15) is 0 Å². The molecular formula is C11H17ClSi. The van der Waals surface area contributed by atoms with E-state index in [2.05, 4.69) is 37.3 Å². The minimum atomic E-state index is -0.823. The number of hydrogen-bond donors (Lipinski definition) is 0. The van der Waals surface area contributed by atoms with Crippen molar-refractivity contribution in [1.29, 1.82) is 0 Å². The molecule has 0 amide bonds. The summed E-state index contributed by atoms with van der Waals surface area (Å²) in [6.07, 6.45) is 2.62. The maximum atomic E-state index is 6.00. The third-order valence-electron chi connectivity index (χ3n) is 2.36. The lowest BCUT2D eigenvalue weighted by Crippen LogP contribution is -2.31. The zero-order chi connectivity index (χ0) is 9.52. The Hall–Kier alpha value is -0.273. The molecule has 0 N–H and O–H groups in total. The van der Waals surface area contributed by atoms with Crippen LogP contribution in [0.3, 0.4) is 0 Å². The number of benzene rings is 1. The average molecular weight is 213 g/mol. The second-order valence-electron chi connectivity index (χ2n) is 3.40. The van der Waals surface area contributed by atoms with Crippen molar-refractivity contribution >= 4 is 25.6 Å². The predicted octanol–water partition coefficient (Wildman–Crippen LogP) is 2.70. The van der Waals surface area contributed by atoms with Crippen molar-refractivity contribution in [3.8, 4) is 0 Å². The molecular weight excluding hydrogens is 196 g/mol. The quantitative estimate of drug-likeness (QED) is 0.520. The number of halogens is 1. The molecule has 13 heavy (non-hydrogen) atoms. The molecule has 0 radical (unpaired) electrons. The molecule has 1 aromatic rings. The summed E-state index contributed by atoms with van der Waals surface area (Å²) in [5, 5.41) is 1.52. The van der Waals surface area contributed by atoms with Gasteiger partial charge in [0.05, 0.1) is 8.80 Å². The van der Waals surface area contributed by atoms with Crippen LogP contribution >= 0.6 is 11.6 Å². The van der Waals surface area contributed by atoms with Crippen molar-refractivity contribution in [2.45, 2.75) is 25.8 Å². The Kier molecular flexibility index (Phi) is 5.17. The van der Waals surface area contributed by atoms with Gasteiger partial charge in [0.1, 0.15) is 0 Å². The van der Waals surface area contributed by atoms with Crippen LogP contribution in [0.1, 0.15) is 19.8 Å². The monoisotopic (exact) mass is 212 g/mol. The SMILES string of the molecule is CCCC[SiH](CCl)c1ccccc1. The second-order valence-corrected chi connectivity index (χ2v) is 7.28. The molecule has 0 saturated heterocycles. The molecule has 1 atom stereocenters. The first-order valence-corrected chi connectivity index (χ1v) is 7.74. The minimum Gasteiger partial charge on any atom is -0.130 e. The van der Waals surface area contributed by atoms with E-state index in [0.29, 0.717) is 0 Å². The summed E-state index contributed by atoms with van der Waals surface area (Å²) in [6, 6.07) is 12.1. The molecule has 0 bridgehead atoms. The summed E-state index contributed by atoms with van der Waals surface area (Å²) in [6.45, 7) is 2.24. The second kappa shape index (κ2) is 6.22. The van der Waals surface area contributed by atoms with E-state index in [4.69, 9.17) is 11.6 Å². The molecule has 1 unspecified atom stereocenters. The van der Waals surface area contributed by atoms with E-state index < -0.39 is 8.80 Å². The third kappa shape index (κ3) is 3.53. The van der Waals surface area contributed by atoms with Crippen LogP contribution in [0.25, 0.3) is 0 Å². The van der Waals surface area contributed by atoms with Gasteiger partial charge in [-0.15, -0.1) is 11.6 Å². The van der Waals surface area contributed by atoms with Gasteiger partial charge in [-0.05, 0) is 0 Å². The van der Waals surface area contributed by atoms with Crippen molar-refractivity contribution in [2.75, 3.05) is 5.50 Å². The summed E-state index contributed by atoms with van der Waals surface area (Å²) in [7, 11) is -0.823. The molecule has 1 aromatic carbocycles. The maximum Gasteiger partial charge on any atom is 0.0867 e. The number of unbranched alkanes of at least 4 members (excludes halogenated alkanes) is 1. The van der Waals surface area contributed by atoms with E-state index in [1.165, 1.54) is 24.1 Å². The molecule has 0 aromatic heterocycles. The highest BCUT2D eigenvalue weighted by molar-refractivity contribution is 6.78. The fourth-order valence-corrected chi connectivity index (χ4v) is 4.84. The van der Waals surface area contributed by atoms with Gasteiger partial charge in [-0.1, -0.05) is 61.3 Å². The van der Waals surface area contributed by atoms with Crippen molar-refractivity contribution in [3.05, 3.63) is 30.3 Å². The predicted molar refractivity (Wildman–Crippen MR) is 63.7 cm³/mol. The first-order valence-electron chi connectivity index (χ1n) is 4.99. The van der Waals surface area contributed by atoms with E-state index in [1.54, 1.807) is 0 Å². The number of alkyl halides is 1. The Bertz CT molecular complexity index is 223. The van der Waals surface area contributed by atoms with E-state index in [0.717, 1.165) is 5.50 Å². The first-order chi connectivity index (χ1) is 6.38. The molecule has 0 spiro atoms. The maximum absolute atomic E-state index is 6.00. The van der Waals surface area contributed by atoms with Crippen LogP contribution in [0.15, 0.2) is 30.3 Å². The van der Waals surface area contributed by atoms with Crippen LogP contribution < -0.4 is 5.19 Å². The Balaban J connectivity index is 2.56. The fraction of sp³-hybridized carbons (Fsp3) is 0.455. The number of rotatable bonds is 5. The van der Waals surface area contributed by atoms with Gasteiger partial charge in [0.25, 0.3) is 0 Å². The lowest BCUT2D eigenvalue weighted by atomic mass is 10.4. The zero-order valence-corrected chi connectivity index (χ0v) is 10.1. The normalized spacial score (nSPS) is 12.8. The van der Waals surface area contributed by atoms with Gasteiger partial charge < -0.3 is 0 Å². The van der Waals surface area contributed by atoms with Gasteiger partial charge in [-0.25, -0.2) is 0 Å². The molecule has 2 heteroatoms. The lowest BCUT2D eigenvalue weighted by molar-refractivity contribution is 0.876. The molecule has 1 rings (SSSR count). The summed E-state index contributed by atoms with van der Waals surface area (Å²) in [5.41, 5.74) is 0.879. The first kappa shape index (κ1) is 10.8. The fourth-order valence-electron chi connectivity index (χ4n) is 1.51. The van der Waals surface area contributed by atoms with Crippen molar-refractivity contribution < 1.29 is 0 Å². The summed E-state index contributed by atoms with van der Waals surface area (Å²) < 4.78 is 0. The lowest BCUT2D eigenvalue weighted by Gasteiger charge is -2.11. The Labute approximate surface area is 87.5 Å². The smallest absolute Gasteiger partial charge is 0.0867 e. The molecule has 0 heterocycles. The Morgan fingerprint density at radius 1 is 1.23 bits per heavy atom. The van der Waals surface area contributed by atoms with E-state index >= 15 is 0 Å². The van der Waals surface area contributed by atoms with Gasteiger partial charge >= 0.3 is 0 Å². The molecule has 0 aliphatic heterocycles. The highest BCUT2D eigenvalue weighted by atomic mass is 35.5. The van der Waals surface area contributed by atoms with Gasteiger partial charge in [0.2, 0.25) is 0 Å². The average Bonchev–Trinajstić information content (AvgIpc) is 2.21. The zero-order valence-electron chi connectivity index (χ0n) is 8.17. The van der Waals surface area contributed by atoms with E-state index in [-0.39, 0.29) is 0 Å². The molecule has 0 fully saturated rings. The van der Waals surface area contributed by atoms with Crippen LogP contribution in [-0.4, -0.2) is 14.3 Å². The summed E-state index contributed by atoms with van der Waals surface area (Å²) >= 11 is 6.00. The van der Waals surface area contributed by atoms with Crippen LogP contribution in [0.5, 0.6) is 0 Å². The van der Waals surface area contributed by atoms with E-state index in [1.807, 2.05) is 0 Å². The third-order valence-corrected chi connectivity index (χ3v) is 6.29. The van der Waals surface area contributed by atoms with Gasteiger partial charge in [-0.2, -0.15) is 0 Å². The number of hydrogen-bond acceptors (Lipinski definition) is 0. The molecule has 0 nitrogen and oxygen atoms in total. The van der Waals surface area contributed by atoms with Crippen molar-refractivity contribution in [3.63, 3.8) is 0 Å². The van der Waals surface area contributed by atoms with Crippen LogP contribution in [0, 0.1) is 0 Å². The largest absolute Gasteiger partial charge is 0.130 e. The molecule has 0 aliphatic carbocycles. The van der Waals surface area contributed by atoms with Crippen LogP contribution in [0.2, 0.25) is 6.04 Å². The molecule has 72 valence electrons. The Morgan fingerprint density at radius 2 is 1.92 bits per heavy atom. The van der Waals surface area contributed by atoms with Gasteiger partial charge in [-0.3, -0.25) is 0 Å². The van der Waals surface area contributed by atoms with Crippen molar-refractivity contribution in [2.24, 2.45) is 0 Å². The van der Waals surface area contributed by atoms with Gasteiger partial charge in [0, 0.05) is 5.50 Å². The standard InChI is InChI=1S/C11H17ClSi/c1-2-3-9-13(10-12)11-7-5-4-6-8-11/h4-8,13H,2-3,9-10H2,1H3. The minimum absolute atomic E-state index is 0.823. The van der Waals surface area contributed by atoms with Crippen molar-refractivity contribution in [1.82, 2.24) is 0 Å². The topological polar surface area (TPSA) is 0 Å². The Morgan fingerprint density at radius 3 is 2.46 bits per heavy atom. The van der Waals surface area contributed by atoms with Crippen LogP contribution in [0.4, 0.5) is 0 Å². The summed E-state index contributed by atoms with van der Waals surface area (Å²) in [5.74, 6) is 0. The molecule has 0 saturated carbocycles. The van der Waals surface area contributed by atoms with Crippen LogP contribution in [-0.2, 0) is 0 Å². The van der Waals surface area contributed by atoms with Gasteiger partial charge in [0.15, 0.2) is 0 Å². The molecule has 0 aliphatic rings. The highest BCUT2D eigenvalue weighted by Crippen LogP contribution is 2.03. The summed E-state index contributed by atoms with van der Waals surface area (Å²) in [4.78, 5) is 0. The highest BCUT2D eigenvalue weighted by Gasteiger charge is 2.10.